The van der Waals surface area contributed by atoms with E-state index in [0.29, 0.717) is 6.42 Å². The summed E-state index contributed by atoms with van der Waals surface area (Å²) in [6, 6.07) is 4.33. The van der Waals surface area contributed by atoms with E-state index in [0.717, 1.165) is 6.42 Å². The van der Waals surface area contributed by atoms with Crippen molar-refractivity contribution in [2.24, 2.45) is 5.73 Å². The molecule has 0 fully saturated rings. The molecule has 0 amide bonds. The van der Waals surface area contributed by atoms with Crippen LogP contribution in [0.2, 0.25) is 0 Å². The maximum atomic E-state index is 9.24. The molecule has 1 rings (SSSR count). The van der Waals surface area contributed by atoms with Crippen molar-refractivity contribution in [2.75, 3.05) is 6.61 Å². The molecule has 1 aromatic rings. The number of aryl methyl sites for hydroxylation is 1. The second-order valence-electron chi connectivity index (χ2n) is 5.15. The van der Waals surface area contributed by atoms with Crippen molar-refractivity contribution < 1.29 is 5.11 Å². The second-order valence-corrected chi connectivity index (χ2v) is 6.32. The first-order valence-electron chi connectivity index (χ1n) is 5.84. The quantitative estimate of drug-likeness (QED) is 0.832. The molecule has 1 aromatic heterocycles. The number of hydrogen-bond acceptors (Lipinski definition) is 3. The Morgan fingerprint density at radius 2 is 1.94 bits per heavy atom. The second kappa shape index (κ2) is 4.86. The van der Waals surface area contributed by atoms with E-state index in [1.54, 1.807) is 0 Å². The predicted molar refractivity (Wildman–Crippen MR) is 71.0 cm³/mol. The minimum atomic E-state index is -0.328. The van der Waals surface area contributed by atoms with E-state index >= 15 is 0 Å². The highest BCUT2D eigenvalue weighted by Crippen LogP contribution is 2.40. The topological polar surface area (TPSA) is 46.2 Å². The molecule has 0 saturated carbocycles. The summed E-state index contributed by atoms with van der Waals surface area (Å²) in [4.78, 5) is 2.66. The first kappa shape index (κ1) is 13.7. The SMILES string of the molecule is CCc1ccc(C(C)(CCO)C(C)(C)N)s1. The van der Waals surface area contributed by atoms with Crippen LogP contribution >= 0.6 is 11.3 Å². The normalized spacial score (nSPS) is 16.1. The molecule has 0 aliphatic rings. The van der Waals surface area contributed by atoms with Crippen molar-refractivity contribution in [3.8, 4) is 0 Å². The number of aliphatic hydroxyl groups excluding tert-OH is 1. The maximum Gasteiger partial charge on any atom is 0.0440 e. The minimum absolute atomic E-state index is 0.153. The smallest absolute Gasteiger partial charge is 0.0440 e. The van der Waals surface area contributed by atoms with Crippen molar-refractivity contribution >= 4 is 11.3 Å². The van der Waals surface area contributed by atoms with E-state index in [-0.39, 0.29) is 17.6 Å². The molecule has 2 nitrogen and oxygen atoms in total. The largest absolute Gasteiger partial charge is 0.396 e. The third-order valence-electron chi connectivity index (χ3n) is 3.59. The van der Waals surface area contributed by atoms with Crippen LogP contribution in [0.3, 0.4) is 0 Å². The van der Waals surface area contributed by atoms with Gasteiger partial charge in [0.25, 0.3) is 0 Å². The first-order chi connectivity index (χ1) is 7.35. The summed E-state index contributed by atoms with van der Waals surface area (Å²) in [5, 5.41) is 9.24. The Labute approximate surface area is 102 Å². The number of nitrogens with two attached hydrogens (primary N) is 1. The van der Waals surface area contributed by atoms with Gasteiger partial charge in [0.05, 0.1) is 0 Å². The Balaban J connectivity index is 3.11. The molecule has 0 aliphatic heterocycles. The fraction of sp³-hybridized carbons (Fsp3) is 0.692. The van der Waals surface area contributed by atoms with Crippen LogP contribution in [-0.4, -0.2) is 17.3 Å². The molecule has 1 atom stereocenters. The van der Waals surface area contributed by atoms with Crippen molar-refractivity contribution in [3.63, 3.8) is 0 Å². The van der Waals surface area contributed by atoms with Gasteiger partial charge in [-0.25, -0.2) is 0 Å². The van der Waals surface area contributed by atoms with Crippen molar-refractivity contribution in [2.45, 2.75) is 51.5 Å². The van der Waals surface area contributed by atoms with E-state index in [2.05, 4.69) is 26.0 Å². The molecule has 1 unspecified atom stereocenters. The monoisotopic (exact) mass is 241 g/mol. The van der Waals surface area contributed by atoms with Crippen molar-refractivity contribution in [3.05, 3.63) is 21.9 Å². The molecule has 3 heteroatoms. The highest BCUT2D eigenvalue weighted by molar-refractivity contribution is 7.12. The molecule has 0 aromatic carbocycles. The van der Waals surface area contributed by atoms with E-state index in [9.17, 15) is 5.11 Å². The van der Waals surface area contributed by atoms with Gasteiger partial charge in [0.2, 0.25) is 0 Å². The van der Waals surface area contributed by atoms with Crippen LogP contribution in [0.25, 0.3) is 0 Å². The van der Waals surface area contributed by atoms with Gasteiger partial charge in [-0.05, 0) is 38.8 Å². The van der Waals surface area contributed by atoms with Crippen LogP contribution in [0.15, 0.2) is 12.1 Å². The van der Waals surface area contributed by atoms with E-state index in [4.69, 9.17) is 5.73 Å². The Kier molecular flexibility index (Phi) is 4.16. The standard InChI is InChI=1S/C13H23NOS/c1-5-10-6-7-11(16-10)13(4,8-9-15)12(2,3)14/h6-7,15H,5,8-9,14H2,1-4H3. The molecular weight excluding hydrogens is 218 g/mol. The molecule has 0 saturated heterocycles. The van der Waals surface area contributed by atoms with Gasteiger partial charge in [-0.1, -0.05) is 13.8 Å². The van der Waals surface area contributed by atoms with Crippen LogP contribution < -0.4 is 5.73 Å². The number of thiophene rings is 1. The summed E-state index contributed by atoms with van der Waals surface area (Å²) in [5.74, 6) is 0. The summed E-state index contributed by atoms with van der Waals surface area (Å²) in [7, 11) is 0. The fourth-order valence-electron chi connectivity index (χ4n) is 1.85. The first-order valence-corrected chi connectivity index (χ1v) is 6.65. The zero-order valence-electron chi connectivity index (χ0n) is 10.7. The number of hydrogen-bond donors (Lipinski definition) is 2. The lowest BCUT2D eigenvalue weighted by Gasteiger charge is -2.41. The Morgan fingerprint density at radius 3 is 2.31 bits per heavy atom. The highest BCUT2D eigenvalue weighted by Gasteiger charge is 2.40. The number of aliphatic hydroxyl groups is 1. The van der Waals surface area contributed by atoms with Gasteiger partial charge in [0.15, 0.2) is 0 Å². The summed E-state index contributed by atoms with van der Waals surface area (Å²) in [6.45, 7) is 8.56. The zero-order valence-corrected chi connectivity index (χ0v) is 11.5. The van der Waals surface area contributed by atoms with Crippen LogP contribution in [0.5, 0.6) is 0 Å². The van der Waals surface area contributed by atoms with Gasteiger partial charge in [-0.2, -0.15) is 0 Å². The molecule has 16 heavy (non-hydrogen) atoms. The lowest BCUT2D eigenvalue weighted by Crippen LogP contribution is -2.52. The molecular formula is C13H23NOS. The molecule has 0 aliphatic carbocycles. The van der Waals surface area contributed by atoms with Crippen LogP contribution in [0.1, 0.15) is 43.9 Å². The molecule has 0 spiro atoms. The van der Waals surface area contributed by atoms with E-state index in [1.807, 2.05) is 25.2 Å². The van der Waals surface area contributed by atoms with Crippen LogP contribution in [0.4, 0.5) is 0 Å². The highest BCUT2D eigenvalue weighted by atomic mass is 32.1. The average Bonchev–Trinajstić information content (AvgIpc) is 2.64. The zero-order chi connectivity index (χ0) is 12.4. The molecule has 0 radical (unpaired) electrons. The van der Waals surface area contributed by atoms with Gasteiger partial charge >= 0.3 is 0 Å². The van der Waals surface area contributed by atoms with E-state index < -0.39 is 0 Å². The Bertz CT molecular complexity index is 340. The van der Waals surface area contributed by atoms with Gasteiger partial charge in [-0.3, -0.25) is 0 Å². The molecule has 0 bridgehead atoms. The third kappa shape index (κ3) is 2.47. The van der Waals surface area contributed by atoms with Gasteiger partial charge in [0, 0.05) is 27.3 Å². The maximum absolute atomic E-state index is 9.24. The summed E-state index contributed by atoms with van der Waals surface area (Å²) in [5.41, 5.74) is 5.80. The van der Waals surface area contributed by atoms with Crippen LogP contribution in [0, 0.1) is 0 Å². The summed E-state index contributed by atoms with van der Waals surface area (Å²) < 4.78 is 0. The molecule has 92 valence electrons. The molecule has 1 heterocycles. The summed E-state index contributed by atoms with van der Waals surface area (Å²) >= 11 is 1.82. The van der Waals surface area contributed by atoms with Crippen molar-refractivity contribution in [1.82, 2.24) is 0 Å². The lowest BCUT2D eigenvalue weighted by atomic mass is 9.70. The van der Waals surface area contributed by atoms with Gasteiger partial charge in [0.1, 0.15) is 0 Å². The number of rotatable bonds is 5. The third-order valence-corrected chi connectivity index (χ3v) is 5.08. The Hall–Kier alpha value is -0.380. The van der Waals surface area contributed by atoms with Crippen molar-refractivity contribution in [1.29, 1.82) is 0 Å². The van der Waals surface area contributed by atoms with Gasteiger partial charge in [-0.15, -0.1) is 11.3 Å². The minimum Gasteiger partial charge on any atom is -0.396 e. The average molecular weight is 241 g/mol. The fourth-order valence-corrected chi connectivity index (χ4v) is 3.14. The predicted octanol–water partition coefficient (Wildman–Crippen LogP) is 2.69. The summed E-state index contributed by atoms with van der Waals surface area (Å²) in [6.07, 6.45) is 1.77. The van der Waals surface area contributed by atoms with Gasteiger partial charge < -0.3 is 10.8 Å². The van der Waals surface area contributed by atoms with E-state index in [1.165, 1.54) is 9.75 Å². The van der Waals surface area contributed by atoms with Crippen LogP contribution in [-0.2, 0) is 11.8 Å². The Morgan fingerprint density at radius 1 is 1.31 bits per heavy atom. The lowest BCUT2D eigenvalue weighted by molar-refractivity contribution is 0.193. The molecule has 3 N–H and O–H groups in total.